The van der Waals surface area contributed by atoms with Crippen LogP contribution in [0.2, 0.25) is 5.02 Å². The van der Waals surface area contributed by atoms with Crippen LogP contribution in [0.3, 0.4) is 0 Å². The number of esters is 1. The summed E-state index contributed by atoms with van der Waals surface area (Å²) in [4.78, 5) is 24.0. The third-order valence-corrected chi connectivity index (χ3v) is 4.64. The lowest BCUT2D eigenvalue weighted by Gasteiger charge is -2.15. The number of benzene rings is 2. The molecule has 0 saturated carbocycles. The highest BCUT2D eigenvalue weighted by atomic mass is 35.5. The molecule has 2 unspecified atom stereocenters. The predicted molar refractivity (Wildman–Crippen MR) is 103 cm³/mol. The van der Waals surface area contributed by atoms with E-state index in [1.807, 2.05) is 47.2 Å². The molecule has 1 aliphatic heterocycles. The van der Waals surface area contributed by atoms with Crippen molar-refractivity contribution in [2.45, 2.75) is 11.8 Å². The lowest BCUT2D eigenvalue weighted by molar-refractivity contribution is -0.402. The molecule has 0 bridgehead atoms. The van der Waals surface area contributed by atoms with Gasteiger partial charge in [-0.1, -0.05) is 35.9 Å². The summed E-state index contributed by atoms with van der Waals surface area (Å²) in [6, 6.07) is 14.8. The molecule has 9 nitrogen and oxygen atoms in total. The number of methoxy groups -OCH3 is 1. The molecule has 2 heterocycles. The number of aromatic nitrogens is 2. The quantitative estimate of drug-likeness (QED) is 0.275. The fourth-order valence-electron chi connectivity index (χ4n) is 3.08. The third kappa shape index (κ3) is 4.20. The van der Waals surface area contributed by atoms with Gasteiger partial charge in [0.15, 0.2) is 11.8 Å². The summed E-state index contributed by atoms with van der Waals surface area (Å²) in [5.74, 6) is -0.366. The van der Waals surface area contributed by atoms with Crippen LogP contribution in [-0.4, -0.2) is 27.7 Å². The molecule has 0 radical (unpaired) electrons. The first-order chi connectivity index (χ1) is 13.9. The minimum absolute atomic E-state index is 0.208. The molecular weight excluding hydrogens is 402 g/mol. The predicted octanol–water partition coefficient (Wildman–Crippen LogP) is 3.56. The Kier molecular flexibility index (Phi) is 5.81. The van der Waals surface area contributed by atoms with Gasteiger partial charge in [-0.15, -0.1) is 0 Å². The van der Waals surface area contributed by atoms with Crippen LogP contribution in [0.15, 0.2) is 67.3 Å². The Labute approximate surface area is 170 Å². The van der Waals surface area contributed by atoms with E-state index in [-0.39, 0.29) is 12.2 Å². The van der Waals surface area contributed by atoms with Crippen molar-refractivity contribution in [3.8, 4) is 0 Å². The molecule has 1 aliphatic rings. The normalized spacial score (nSPS) is 19.6. The maximum atomic E-state index is 11.7. The van der Waals surface area contributed by atoms with Gasteiger partial charge in [0.2, 0.25) is 0 Å². The molecule has 0 aliphatic carbocycles. The number of nitrogens with zero attached hydrogens (tertiary/aromatic N) is 3. The van der Waals surface area contributed by atoms with E-state index in [9.17, 15) is 4.79 Å². The molecule has 0 N–H and O–H groups in total. The first-order valence-corrected chi connectivity index (χ1v) is 8.68. The Hall–Kier alpha value is -3.43. The lowest BCUT2D eigenvalue weighted by atomic mass is 9.89. The summed E-state index contributed by atoms with van der Waals surface area (Å²) in [5, 5.41) is 15.4. The molecule has 1 aromatic heterocycles. The average molecular weight is 417 g/mol. The number of carbonyl (C=O) groups is 1. The molecule has 2 atom stereocenters. The minimum atomic E-state index is -1.75. The van der Waals surface area contributed by atoms with Crippen LogP contribution < -0.4 is 0 Å². The van der Waals surface area contributed by atoms with Crippen LogP contribution in [0, 0.1) is 15.3 Å². The van der Waals surface area contributed by atoms with E-state index in [4.69, 9.17) is 36.4 Å². The summed E-state index contributed by atoms with van der Waals surface area (Å²) in [7, 11) is 1.37. The van der Waals surface area contributed by atoms with Gasteiger partial charge in [-0.25, -0.2) is 9.78 Å². The summed E-state index contributed by atoms with van der Waals surface area (Å²) >= 11 is 6.03. The van der Waals surface area contributed by atoms with Crippen LogP contribution in [0.25, 0.3) is 0 Å². The molecule has 2 aromatic carbocycles. The monoisotopic (exact) mass is 416 g/mol. The zero-order valence-electron chi connectivity index (χ0n) is 15.1. The second-order valence-corrected chi connectivity index (χ2v) is 6.45. The molecule has 1 saturated heterocycles. The molecule has 3 aromatic rings. The van der Waals surface area contributed by atoms with Gasteiger partial charge < -0.3 is 29.4 Å². The highest BCUT2D eigenvalue weighted by molar-refractivity contribution is 6.30. The van der Waals surface area contributed by atoms with Gasteiger partial charge in [-0.2, -0.15) is 0 Å². The molecule has 1 fully saturated rings. The zero-order valence-corrected chi connectivity index (χ0v) is 15.9. The fraction of sp³-hybridized carbons (Fsp3) is 0.158. The van der Waals surface area contributed by atoms with E-state index in [2.05, 4.69) is 4.98 Å². The van der Waals surface area contributed by atoms with E-state index in [0.717, 1.165) is 11.1 Å². The summed E-state index contributed by atoms with van der Waals surface area (Å²) in [6.45, 7) is 0. The van der Waals surface area contributed by atoms with Gasteiger partial charge in [-0.3, -0.25) is 0 Å². The molecule has 150 valence electrons. The third-order valence-electron chi connectivity index (χ3n) is 4.39. The van der Waals surface area contributed by atoms with Crippen LogP contribution in [-0.2, 0) is 15.1 Å². The Morgan fingerprint density at radius 2 is 1.72 bits per heavy atom. The lowest BCUT2D eigenvalue weighted by Crippen LogP contribution is -2.15. The second-order valence-electron chi connectivity index (χ2n) is 6.02. The number of rotatable bonds is 4. The van der Waals surface area contributed by atoms with Gasteiger partial charge in [0.1, 0.15) is 0 Å². The molecule has 4 rings (SSSR count). The van der Waals surface area contributed by atoms with Crippen molar-refractivity contribution in [1.82, 2.24) is 9.55 Å². The molecule has 0 amide bonds. The highest BCUT2D eigenvalue weighted by Crippen LogP contribution is 2.58. The van der Waals surface area contributed by atoms with Crippen molar-refractivity contribution in [1.29, 1.82) is 0 Å². The van der Waals surface area contributed by atoms with E-state index in [1.54, 1.807) is 24.7 Å². The largest absolute Gasteiger partial charge is 0.465 e. The number of hydrogen-bond donors (Lipinski definition) is 0. The number of hydrogen-bond acceptors (Lipinski definition) is 7. The molecule has 10 heteroatoms. The Morgan fingerprint density at radius 3 is 2.21 bits per heavy atom. The Morgan fingerprint density at radius 1 is 1.17 bits per heavy atom. The Balaban J connectivity index is 0.000000552. The van der Waals surface area contributed by atoms with E-state index in [1.165, 1.54) is 7.11 Å². The number of epoxide rings is 1. The van der Waals surface area contributed by atoms with E-state index >= 15 is 0 Å². The first-order valence-electron chi connectivity index (χ1n) is 8.30. The van der Waals surface area contributed by atoms with Crippen LogP contribution >= 0.6 is 11.6 Å². The summed E-state index contributed by atoms with van der Waals surface area (Å²) in [5.41, 5.74) is 1.79. The SMILES string of the molecule is COC(=O)c1ccc(C2(c3ccc(Cl)cc3)OC2n2ccnc2)cc1.O=[N+]([O-])[O-]. The summed E-state index contributed by atoms with van der Waals surface area (Å²) < 4.78 is 12.8. The maximum absolute atomic E-state index is 11.7. The first kappa shape index (κ1) is 20.3. The van der Waals surface area contributed by atoms with Gasteiger partial charge in [0.05, 0.1) is 24.1 Å². The van der Waals surface area contributed by atoms with Crippen LogP contribution in [0.5, 0.6) is 0 Å². The van der Waals surface area contributed by atoms with Crippen molar-refractivity contribution < 1.29 is 19.4 Å². The standard InChI is InChI=1S/C19H15ClN2O3.NO3/c1-24-17(23)13-2-4-14(5-3-13)19(15-6-8-16(20)9-7-15)18(25-19)22-11-10-21-12-22;2-1(3)4/h2-12,18H,1H3;/q;-1. The van der Waals surface area contributed by atoms with E-state index in [0.29, 0.717) is 10.6 Å². The van der Waals surface area contributed by atoms with Crippen molar-refractivity contribution in [2.75, 3.05) is 7.11 Å². The van der Waals surface area contributed by atoms with Crippen LogP contribution in [0.1, 0.15) is 27.7 Å². The molecular formula is C19H15ClN3O6-. The van der Waals surface area contributed by atoms with Crippen molar-refractivity contribution >= 4 is 17.6 Å². The number of halogens is 1. The van der Waals surface area contributed by atoms with Gasteiger partial charge in [0, 0.05) is 17.4 Å². The summed E-state index contributed by atoms with van der Waals surface area (Å²) in [6.07, 6.45) is 5.10. The van der Waals surface area contributed by atoms with E-state index < -0.39 is 10.7 Å². The number of carbonyl (C=O) groups excluding carboxylic acids is 1. The number of ether oxygens (including phenoxy) is 2. The average Bonchev–Trinajstić information content (AvgIpc) is 3.22. The van der Waals surface area contributed by atoms with Crippen molar-refractivity contribution in [3.63, 3.8) is 0 Å². The van der Waals surface area contributed by atoms with Crippen molar-refractivity contribution in [3.05, 3.63) is 104 Å². The zero-order chi connectivity index (χ0) is 21.0. The Bertz CT molecular complexity index is 988. The van der Waals surface area contributed by atoms with Gasteiger partial charge >= 0.3 is 5.97 Å². The van der Waals surface area contributed by atoms with Crippen molar-refractivity contribution in [2.24, 2.45) is 0 Å². The number of imidazole rings is 1. The topological polar surface area (TPSA) is 123 Å². The van der Waals surface area contributed by atoms with Gasteiger partial charge in [-0.05, 0) is 35.4 Å². The molecule has 0 spiro atoms. The molecule has 29 heavy (non-hydrogen) atoms. The highest BCUT2D eigenvalue weighted by Gasteiger charge is 2.60. The second kappa shape index (κ2) is 8.29. The minimum Gasteiger partial charge on any atom is -0.465 e. The maximum Gasteiger partial charge on any atom is 0.337 e. The van der Waals surface area contributed by atoms with Crippen LogP contribution in [0.4, 0.5) is 0 Å². The van der Waals surface area contributed by atoms with Gasteiger partial charge in [0.25, 0.3) is 0 Å². The smallest absolute Gasteiger partial charge is 0.337 e. The fourth-order valence-corrected chi connectivity index (χ4v) is 3.20.